The molecule has 0 unspecified atom stereocenters. The predicted molar refractivity (Wildman–Crippen MR) is 75.3 cm³/mol. The molecule has 0 aromatic rings. The van der Waals surface area contributed by atoms with Gasteiger partial charge in [-0.25, -0.2) is 0 Å². The quantitative estimate of drug-likeness (QED) is 0.548. The summed E-state index contributed by atoms with van der Waals surface area (Å²) in [6, 6.07) is 0. The second-order valence-electron chi connectivity index (χ2n) is 3.08. The number of allylic oxidation sites excluding steroid dienone is 12. The SMILES string of the molecule is C=C\C=C/C(=C\C=C)C(/C=C\C=C/C)=C/C. The van der Waals surface area contributed by atoms with Gasteiger partial charge in [0.1, 0.15) is 0 Å². The zero-order valence-corrected chi connectivity index (χ0v) is 10.2. The lowest BCUT2D eigenvalue weighted by molar-refractivity contribution is 1.50. The van der Waals surface area contributed by atoms with Crippen LogP contribution >= 0.6 is 0 Å². The van der Waals surface area contributed by atoms with E-state index in [4.69, 9.17) is 0 Å². The maximum absolute atomic E-state index is 3.72. The minimum absolute atomic E-state index is 1.12. The smallest absolute Gasteiger partial charge is 0.0188 e. The van der Waals surface area contributed by atoms with Gasteiger partial charge in [0.25, 0.3) is 0 Å². The summed E-state index contributed by atoms with van der Waals surface area (Å²) in [6.07, 6.45) is 19.6. The Balaban J connectivity index is 5.02. The Labute approximate surface area is 99.4 Å². The van der Waals surface area contributed by atoms with Gasteiger partial charge in [0.15, 0.2) is 0 Å². The predicted octanol–water partition coefficient (Wildman–Crippen LogP) is 4.92. The average Bonchev–Trinajstić information content (AvgIpc) is 2.31. The lowest BCUT2D eigenvalue weighted by Crippen LogP contribution is -1.82. The van der Waals surface area contributed by atoms with Crippen LogP contribution in [0, 0.1) is 0 Å². The van der Waals surface area contributed by atoms with Crippen LogP contribution in [0.3, 0.4) is 0 Å². The number of hydrogen-bond donors (Lipinski definition) is 0. The molecule has 0 saturated heterocycles. The van der Waals surface area contributed by atoms with Gasteiger partial charge in [0, 0.05) is 0 Å². The van der Waals surface area contributed by atoms with Crippen molar-refractivity contribution in [3.05, 3.63) is 85.1 Å². The molecule has 0 fully saturated rings. The third-order valence-corrected chi connectivity index (χ3v) is 1.93. The molecule has 0 aromatic carbocycles. The van der Waals surface area contributed by atoms with Gasteiger partial charge in [-0.3, -0.25) is 0 Å². The highest BCUT2D eigenvalue weighted by Crippen LogP contribution is 2.13. The highest BCUT2D eigenvalue weighted by atomic mass is 14.0. The Hall–Kier alpha value is -1.82. The number of rotatable bonds is 6. The fourth-order valence-electron chi connectivity index (χ4n) is 1.18. The second-order valence-corrected chi connectivity index (χ2v) is 3.08. The van der Waals surface area contributed by atoms with Gasteiger partial charge < -0.3 is 0 Å². The minimum atomic E-state index is 1.12. The first kappa shape index (κ1) is 14.2. The molecular formula is C16H20. The molecule has 0 aromatic heterocycles. The van der Waals surface area contributed by atoms with Gasteiger partial charge in [-0.2, -0.15) is 0 Å². The first-order chi connectivity index (χ1) is 7.79. The summed E-state index contributed by atoms with van der Waals surface area (Å²) in [4.78, 5) is 0. The van der Waals surface area contributed by atoms with E-state index in [0.29, 0.717) is 0 Å². The molecule has 0 bridgehead atoms. The molecule has 0 amide bonds. The zero-order chi connectivity index (χ0) is 12.2. The molecule has 0 radical (unpaired) electrons. The number of hydrogen-bond acceptors (Lipinski definition) is 0. The van der Waals surface area contributed by atoms with Crippen molar-refractivity contribution in [3.63, 3.8) is 0 Å². The highest BCUT2D eigenvalue weighted by molar-refractivity contribution is 5.48. The molecule has 0 saturated carbocycles. The van der Waals surface area contributed by atoms with E-state index in [-0.39, 0.29) is 0 Å². The van der Waals surface area contributed by atoms with E-state index in [0.717, 1.165) is 11.1 Å². The maximum Gasteiger partial charge on any atom is -0.0188 e. The van der Waals surface area contributed by atoms with Crippen LogP contribution in [0.2, 0.25) is 0 Å². The Morgan fingerprint density at radius 2 is 1.50 bits per heavy atom. The second kappa shape index (κ2) is 9.72. The first-order valence-electron chi connectivity index (χ1n) is 5.38. The molecule has 0 nitrogen and oxygen atoms in total. The standard InChI is InChI=1S/C16H20/c1-5-9-11-14-15(8-4)16(12-7-3)13-10-6-2/h5-14H,2-3H2,1,4H3/b9-5-,13-10-,14-11-,15-8+,16-12+. The molecule has 84 valence electrons. The van der Waals surface area contributed by atoms with Crippen molar-refractivity contribution in [2.45, 2.75) is 13.8 Å². The van der Waals surface area contributed by atoms with Crippen LogP contribution in [0.1, 0.15) is 13.8 Å². The summed E-state index contributed by atoms with van der Waals surface area (Å²) in [5.41, 5.74) is 2.29. The van der Waals surface area contributed by atoms with Crippen LogP contribution in [0.15, 0.2) is 85.1 Å². The molecule has 0 atom stereocenters. The van der Waals surface area contributed by atoms with Gasteiger partial charge in [-0.15, -0.1) is 0 Å². The normalized spacial score (nSPS) is 14.1. The van der Waals surface area contributed by atoms with Crippen molar-refractivity contribution < 1.29 is 0 Å². The van der Waals surface area contributed by atoms with E-state index < -0.39 is 0 Å². The molecular weight excluding hydrogens is 192 g/mol. The average molecular weight is 212 g/mol. The van der Waals surface area contributed by atoms with Crippen LogP contribution in [-0.4, -0.2) is 0 Å². The Morgan fingerprint density at radius 1 is 0.812 bits per heavy atom. The fraction of sp³-hybridized carbons (Fsp3) is 0.125. The van der Waals surface area contributed by atoms with Gasteiger partial charge in [0.05, 0.1) is 0 Å². The molecule has 0 rings (SSSR count). The van der Waals surface area contributed by atoms with Gasteiger partial charge in [0.2, 0.25) is 0 Å². The van der Waals surface area contributed by atoms with Gasteiger partial charge in [-0.05, 0) is 25.0 Å². The largest absolute Gasteiger partial charge is 0.0991 e. The Bertz CT molecular complexity index is 357. The van der Waals surface area contributed by atoms with E-state index in [2.05, 4.69) is 25.3 Å². The lowest BCUT2D eigenvalue weighted by atomic mass is 10.0. The fourth-order valence-corrected chi connectivity index (χ4v) is 1.18. The topological polar surface area (TPSA) is 0 Å². The molecule has 0 spiro atoms. The van der Waals surface area contributed by atoms with Crippen molar-refractivity contribution in [3.8, 4) is 0 Å². The summed E-state index contributed by atoms with van der Waals surface area (Å²) in [7, 11) is 0. The van der Waals surface area contributed by atoms with Crippen molar-refractivity contribution in [2.75, 3.05) is 0 Å². The monoisotopic (exact) mass is 212 g/mol. The third-order valence-electron chi connectivity index (χ3n) is 1.93. The first-order valence-corrected chi connectivity index (χ1v) is 5.38. The minimum Gasteiger partial charge on any atom is -0.0991 e. The van der Waals surface area contributed by atoms with Gasteiger partial charge in [-0.1, -0.05) is 73.9 Å². The molecule has 0 N–H and O–H groups in total. The van der Waals surface area contributed by atoms with Crippen LogP contribution in [0.4, 0.5) is 0 Å². The molecule has 0 aliphatic heterocycles. The van der Waals surface area contributed by atoms with Crippen LogP contribution in [0.5, 0.6) is 0 Å². The van der Waals surface area contributed by atoms with E-state index in [9.17, 15) is 0 Å². The van der Waals surface area contributed by atoms with E-state index >= 15 is 0 Å². The molecule has 16 heavy (non-hydrogen) atoms. The van der Waals surface area contributed by atoms with Crippen LogP contribution in [-0.2, 0) is 0 Å². The summed E-state index contributed by atoms with van der Waals surface area (Å²) in [5, 5.41) is 0. The zero-order valence-electron chi connectivity index (χ0n) is 10.2. The lowest BCUT2D eigenvalue weighted by Gasteiger charge is -2.01. The molecule has 0 aliphatic carbocycles. The van der Waals surface area contributed by atoms with Crippen molar-refractivity contribution in [1.82, 2.24) is 0 Å². The summed E-state index contributed by atoms with van der Waals surface area (Å²) in [6.45, 7) is 11.4. The van der Waals surface area contributed by atoms with Crippen molar-refractivity contribution in [1.29, 1.82) is 0 Å². The highest BCUT2D eigenvalue weighted by Gasteiger charge is 1.94. The maximum atomic E-state index is 3.72. The molecule has 0 heteroatoms. The van der Waals surface area contributed by atoms with E-state index in [1.165, 1.54) is 0 Å². The Kier molecular flexibility index (Phi) is 8.62. The van der Waals surface area contributed by atoms with E-state index in [1.807, 2.05) is 50.3 Å². The molecule has 0 heterocycles. The molecule has 0 aliphatic rings. The van der Waals surface area contributed by atoms with Crippen molar-refractivity contribution >= 4 is 0 Å². The van der Waals surface area contributed by atoms with Crippen molar-refractivity contribution in [2.24, 2.45) is 0 Å². The van der Waals surface area contributed by atoms with Crippen LogP contribution < -0.4 is 0 Å². The van der Waals surface area contributed by atoms with Crippen LogP contribution in [0.25, 0.3) is 0 Å². The summed E-state index contributed by atoms with van der Waals surface area (Å²) < 4.78 is 0. The third kappa shape index (κ3) is 5.82. The Morgan fingerprint density at radius 3 is 2.00 bits per heavy atom. The summed E-state index contributed by atoms with van der Waals surface area (Å²) in [5.74, 6) is 0. The van der Waals surface area contributed by atoms with E-state index in [1.54, 1.807) is 12.2 Å². The van der Waals surface area contributed by atoms with Gasteiger partial charge >= 0.3 is 0 Å². The summed E-state index contributed by atoms with van der Waals surface area (Å²) >= 11 is 0.